The highest BCUT2D eigenvalue weighted by Gasteiger charge is 2.45. The van der Waals surface area contributed by atoms with Gasteiger partial charge in [0.05, 0.1) is 10.6 Å². The van der Waals surface area contributed by atoms with E-state index >= 15 is 0 Å². The first kappa shape index (κ1) is 20.5. The van der Waals surface area contributed by atoms with Crippen LogP contribution in [0.2, 0.25) is 5.02 Å². The van der Waals surface area contributed by atoms with Crippen molar-refractivity contribution in [3.63, 3.8) is 0 Å². The number of halogens is 5. The van der Waals surface area contributed by atoms with Gasteiger partial charge < -0.3 is 5.32 Å². The van der Waals surface area contributed by atoms with E-state index in [9.17, 15) is 22.4 Å². The summed E-state index contributed by atoms with van der Waals surface area (Å²) in [6, 6.07) is 6.48. The fraction of sp³-hybridized carbons (Fsp3) is 0.421. The topological polar surface area (TPSA) is 54.9 Å². The molecule has 0 radical (unpaired) electrons. The number of nitrogens with one attached hydrogen (secondary N) is 1. The van der Waals surface area contributed by atoms with Crippen LogP contribution in [0.1, 0.15) is 53.9 Å². The number of nitrogens with zero attached hydrogens (tertiary/aromatic N) is 2. The molecule has 1 N–H and O–H groups in total. The predicted molar refractivity (Wildman–Crippen MR) is 95.9 cm³/mol. The zero-order chi connectivity index (χ0) is 20.4. The molecule has 0 aliphatic heterocycles. The first-order valence-corrected chi connectivity index (χ1v) is 9.11. The van der Waals surface area contributed by atoms with E-state index in [2.05, 4.69) is 15.3 Å². The zero-order valence-corrected chi connectivity index (χ0v) is 15.5. The summed E-state index contributed by atoms with van der Waals surface area (Å²) < 4.78 is 52.9. The number of rotatable bonds is 5. The van der Waals surface area contributed by atoms with Crippen LogP contribution in [0.15, 0.2) is 36.7 Å². The Morgan fingerprint density at radius 3 is 2.29 bits per heavy atom. The molecule has 1 fully saturated rings. The Labute approximate surface area is 164 Å². The molecule has 2 aromatic rings. The van der Waals surface area contributed by atoms with Gasteiger partial charge in [-0.1, -0.05) is 23.7 Å². The summed E-state index contributed by atoms with van der Waals surface area (Å²) in [4.78, 5) is 19.8. The molecule has 1 amide bonds. The summed E-state index contributed by atoms with van der Waals surface area (Å²) in [5, 5.41) is 3.01. The summed E-state index contributed by atoms with van der Waals surface area (Å²) >= 11 is 6.03. The second kappa shape index (κ2) is 8.03. The molecule has 0 atom stereocenters. The molecule has 1 aliphatic rings. The number of benzene rings is 1. The number of carbonyl (C=O) groups is 1. The van der Waals surface area contributed by atoms with Gasteiger partial charge in [-0.25, -0.2) is 27.5 Å². The van der Waals surface area contributed by atoms with Crippen LogP contribution in [0, 0.1) is 0 Å². The number of carbonyl (C=O) groups excluding carboxylic acids is 1. The Bertz CT molecular complexity index is 835. The third-order valence-corrected chi connectivity index (χ3v) is 5.45. The first-order chi connectivity index (χ1) is 13.2. The molecule has 0 unspecified atom stereocenters. The summed E-state index contributed by atoms with van der Waals surface area (Å²) in [6.07, 6.45) is -0.947. The lowest BCUT2D eigenvalue weighted by Crippen LogP contribution is -2.45. The second-order valence-corrected chi connectivity index (χ2v) is 7.34. The average Bonchev–Trinajstić information content (AvgIpc) is 2.68. The maximum absolute atomic E-state index is 13.7. The lowest BCUT2D eigenvalue weighted by atomic mass is 9.69. The van der Waals surface area contributed by atoms with Gasteiger partial charge in [0.15, 0.2) is 5.82 Å². The maximum Gasteiger partial charge on any atom is 0.297 e. The van der Waals surface area contributed by atoms with Crippen molar-refractivity contribution in [2.45, 2.75) is 43.4 Å². The molecule has 3 rings (SSSR count). The van der Waals surface area contributed by atoms with Crippen LogP contribution in [0.4, 0.5) is 17.6 Å². The van der Waals surface area contributed by atoms with E-state index in [0.29, 0.717) is 5.56 Å². The minimum atomic E-state index is -2.82. The number of hydrogen-bond donors (Lipinski definition) is 1. The van der Waals surface area contributed by atoms with Gasteiger partial charge in [-0.05, 0) is 30.5 Å². The summed E-state index contributed by atoms with van der Waals surface area (Å²) in [5.41, 5.74) is -0.143. The van der Waals surface area contributed by atoms with E-state index in [4.69, 9.17) is 11.6 Å². The minimum absolute atomic E-state index is 0.0462. The van der Waals surface area contributed by atoms with Gasteiger partial charge in [-0.3, -0.25) is 4.79 Å². The van der Waals surface area contributed by atoms with Crippen molar-refractivity contribution >= 4 is 17.5 Å². The number of alkyl halides is 4. The van der Waals surface area contributed by atoms with E-state index < -0.39 is 29.5 Å². The van der Waals surface area contributed by atoms with Crippen LogP contribution in [0.5, 0.6) is 0 Å². The number of hydrogen-bond acceptors (Lipinski definition) is 3. The molecule has 0 saturated heterocycles. The van der Waals surface area contributed by atoms with Crippen molar-refractivity contribution in [2.24, 2.45) is 0 Å². The van der Waals surface area contributed by atoms with Gasteiger partial charge in [0.25, 0.3) is 12.3 Å². The first-order valence-electron chi connectivity index (χ1n) is 8.74. The van der Waals surface area contributed by atoms with E-state index in [-0.39, 0.29) is 42.8 Å². The molecule has 0 bridgehead atoms. The van der Waals surface area contributed by atoms with Crippen molar-refractivity contribution in [2.75, 3.05) is 6.54 Å². The summed E-state index contributed by atoms with van der Waals surface area (Å²) in [5.74, 6) is -3.85. The van der Waals surface area contributed by atoms with Crippen LogP contribution in [-0.4, -0.2) is 28.3 Å². The lowest BCUT2D eigenvalue weighted by molar-refractivity contribution is -0.0517. The largest absolute Gasteiger partial charge is 0.351 e. The fourth-order valence-corrected chi connectivity index (χ4v) is 3.60. The standard InChI is InChI=1S/C19H18ClF4N3O/c20-14-4-2-1-3-13(14)17(28)27-11-18(5-7-19(23,24)8-6-18)12-9-25-16(15(21)22)26-10-12/h1-4,9-10,15H,5-8,11H2,(H,27,28). The highest BCUT2D eigenvalue weighted by molar-refractivity contribution is 6.33. The van der Waals surface area contributed by atoms with Gasteiger partial charge in [0.2, 0.25) is 5.92 Å². The Balaban J connectivity index is 1.83. The summed E-state index contributed by atoms with van der Waals surface area (Å²) in [6.45, 7) is 0.0462. The molecule has 1 aliphatic carbocycles. The molecule has 28 heavy (non-hydrogen) atoms. The van der Waals surface area contributed by atoms with Crippen LogP contribution in [0.25, 0.3) is 0 Å². The molecule has 1 heterocycles. The van der Waals surface area contributed by atoms with E-state index in [0.717, 1.165) is 0 Å². The van der Waals surface area contributed by atoms with Crippen molar-refractivity contribution in [1.29, 1.82) is 0 Å². The quantitative estimate of drug-likeness (QED) is 0.703. The van der Waals surface area contributed by atoms with Crippen molar-refractivity contribution in [1.82, 2.24) is 15.3 Å². The third-order valence-electron chi connectivity index (χ3n) is 5.12. The van der Waals surface area contributed by atoms with Crippen LogP contribution in [-0.2, 0) is 5.41 Å². The van der Waals surface area contributed by atoms with Gasteiger partial charge in [0.1, 0.15) is 0 Å². The van der Waals surface area contributed by atoms with Crippen molar-refractivity contribution in [3.05, 3.63) is 58.6 Å². The third kappa shape index (κ3) is 4.43. The molecular formula is C19H18ClF4N3O. The minimum Gasteiger partial charge on any atom is -0.351 e. The second-order valence-electron chi connectivity index (χ2n) is 6.93. The molecule has 1 aromatic heterocycles. The van der Waals surface area contributed by atoms with E-state index in [1.165, 1.54) is 12.4 Å². The molecule has 0 spiro atoms. The van der Waals surface area contributed by atoms with Gasteiger partial charge in [-0.15, -0.1) is 0 Å². The molecule has 4 nitrogen and oxygen atoms in total. The Hall–Kier alpha value is -2.22. The number of amides is 1. The van der Waals surface area contributed by atoms with Gasteiger partial charge in [0, 0.05) is 37.2 Å². The Kier molecular flexibility index (Phi) is 5.88. The Morgan fingerprint density at radius 2 is 1.71 bits per heavy atom. The van der Waals surface area contributed by atoms with Crippen LogP contribution in [0.3, 0.4) is 0 Å². The molecule has 1 aromatic carbocycles. The molecule has 150 valence electrons. The molecule has 1 saturated carbocycles. The molecule has 9 heteroatoms. The average molecular weight is 416 g/mol. The smallest absolute Gasteiger partial charge is 0.297 e. The maximum atomic E-state index is 13.7. The summed E-state index contributed by atoms with van der Waals surface area (Å²) in [7, 11) is 0. The highest BCUT2D eigenvalue weighted by Crippen LogP contribution is 2.45. The normalized spacial score (nSPS) is 18.1. The highest BCUT2D eigenvalue weighted by atomic mass is 35.5. The van der Waals surface area contributed by atoms with E-state index in [1.54, 1.807) is 24.3 Å². The van der Waals surface area contributed by atoms with Crippen LogP contribution >= 0.6 is 11.6 Å². The lowest BCUT2D eigenvalue weighted by Gasteiger charge is -2.40. The van der Waals surface area contributed by atoms with Crippen LogP contribution < -0.4 is 5.32 Å². The SMILES string of the molecule is O=C(NCC1(c2cnc(C(F)F)nc2)CCC(F)(F)CC1)c1ccccc1Cl. The molecular weight excluding hydrogens is 398 g/mol. The Morgan fingerprint density at radius 1 is 1.11 bits per heavy atom. The fourth-order valence-electron chi connectivity index (χ4n) is 3.38. The monoisotopic (exact) mass is 415 g/mol. The van der Waals surface area contributed by atoms with Gasteiger partial charge >= 0.3 is 0 Å². The van der Waals surface area contributed by atoms with Crippen molar-refractivity contribution in [3.8, 4) is 0 Å². The predicted octanol–water partition coefficient (Wildman–Crippen LogP) is 4.94. The van der Waals surface area contributed by atoms with E-state index in [1.807, 2.05) is 0 Å². The van der Waals surface area contributed by atoms with Gasteiger partial charge in [-0.2, -0.15) is 0 Å². The van der Waals surface area contributed by atoms with Crippen molar-refractivity contribution < 1.29 is 22.4 Å². The zero-order valence-electron chi connectivity index (χ0n) is 14.8. The number of aromatic nitrogens is 2.